The summed E-state index contributed by atoms with van der Waals surface area (Å²) in [6.07, 6.45) is -3.91. The lowest BCUT2D eigenvalue weighted by molar-refractivity contribution is -0.138. The van der Waals surface area contributed by atoms with Crippen LogP contribution in [-0.2, 0) is 15.7 Å². The molecule has 1 rings (SSSR count). The van der Waals surface area contributed by atoms with Crippen LogP contribution < -0.4 is 4.74 Å². The van der Waals surface area contributed by atoms with Crippen molar-refractivity contribution in [3.63, 3.8) is 0 Å². The molecule has 1 aromatic heterocycles. The first-order valence-electron chi connectivity index (χ1n) is 5.18. The number of esters is 1. The zero-order chi connectivity index (χ0) is 14.5. The minimum absolute atomic E-state index is 0.0928. The van der Waals surface area contributed by atoms with Gasteiger partial charge in [-0.2, -0.15) is 13.2 Å². The summed E-state index contributed by atoms with van der Waals surface area (Å²) in [7, 11) is 1.24. The van der Waals surface area contributed by atoms with Gasteiger partial charge in [-0.25, -0.2) is 9.78 Å². The number of alkyl halides is 3. The lowest BCUT2D eigenvalue weighted by atomic mass is 10.2. The Labute approximate surface area is 107 Å². The lowest BCUT2D eigenvalue weighted by Gasteiger charge is -2.08. The van der Waals surface area contributed by atoms with Gasteiger partial charge < -0.3 is 9.47 Å². The third-order valence-corrected chi connectivity index (χ3v) is 1.95. The highest BCUT2D eigenvalue weighted by atomic mass is 19.4. The van der Waals surface area contributed by atoms with Crippen LogP contribution in [0.2, 0.25) is 0 Å². The van der Waals surface area contributed by atoms with E-state index in [1.165, 1.54) is 7.11 Å². The Bertz CT molecular complexity index is 529. The maximum absolute atomic E-state index is 12.5. The van der Waals surface area contributed by atoms with Crippen molar-refractivity contribution in [2.75, 3.05) is 13.7 Å². The average molecular weight is 273 g/mol. The highest BCUT2D eigenvalue weighted by molar-refractivity contribution is 5.89. The molecule has 4 nitrogen and oxygen atoms in total. The minimum atomic E-state index is -4.54. The van der Waals surface area contributed by atoms with E-state index in [-0.39, 0.29) is 18.1 Å². The van der Waals surface area contributed by atoms with E-state index in [1.807, 2.05) is 0 Å². The van der Waals surface area contributed by atoms with Crippen LogP contribution in [-0.4, -0.2) is 24.7 Å². The minimum Gasteiger partial charge on any atom is -0.480 e. The summed E-state index contributed by atoms with van der Waals surface area (Å²) in [5.74, 6) is 3.38. The monoisotopic (exact) mass is 273 g/mol. The highest BCUT2D eigenvalue weighted by Crippen LogP contribution is 2.30. The number of ether oxygens (including phenoxy) is 2. The van der Waals surface area contributed by atoms with E-state index in [2.05, 4.69) is 21.6 Å². The smallest absolute Gasteiger partial charge is 0.417 e. The van der Waals surface area contributed by atoms with Crippen molar-refractivity contribution in [3.05, 3.63) is 23.4 Å². The normalized spacial score (nSPS) is 10.4. The van der Waals surface area contributed by atoms with Gasteiger partial charge >= 0.3 is 12.1 Å². The average Bonchev–Trinajstić information content (AvgIpc) is 2.35. The van der Waals surface area contributed by atoms with Crippen molar-refractivity contribution in [2.24, 2.45) is 0 Å². The first-order chi connectivity index (χ1) is 8.88. The number of carbonyl (C=O) groups is 1. The van der Waals surface area contributed by atoms with Gasteiger partial charge in [-0.1, -0.05) is 0 Å². The Balaban J connectivity index is 3.13. The molecule has 0 aliphatic heterocycles. The molecule has 0 fully saturated rings. The summed E-state index contributed by atoms with van der Waals surface area (Å²) in [6, 6.07) is 0.762. The molecule has 0 amide bonds. The van der Waals surface area contributed by atoms with Crippen LogP contribution in [0.3, 0.4) is 0 Å². The predicted molar refractivity (Wildman–Crippen MR) is 59.3 cm³/mol. The summed E-state index contributed by atoms with van der Waals surface area (Å²) in [5, 5.41) is 0. The van der Waals surface area contributed by atoms with E-state index >= 15 is 0 Å². The Kier molecular flexibility index (Phi) is 4.75. The van der Waals surface area contributed by atoms with Crippen LogP contribution in [0.15, 0.2) is 12.3 Å². The standard InChI is InChI=1S/C12H10F3NO3/c1-3-19-10(17)5-4-8-6-9(12(13,14)15)7-16-11(8)18-2/h6-7H,3H2,1-2H3. The van der Waals surface area contributed by atoms with Gasteiger partial charge in [-0.3, -0.25) is 0 Å². The molecule has 0 unspecified atom stereocenters. The van der Waals surface area contributed by atoms with E-state index in [4.69, 9.17) is 4.74 Å². The molecule has 0 spiro atoms. The van der Waals surface area contributed by atoms with Crippen LogP contribution >= 0.6 is 0 Å². The molecular weight excluding hydrogens is 263 g/mol. The van der Waals surface area contributed by atoms with Crippen molar-refractivity contribution >= 4 is 5.97 Å². The number of halogens is 3. The fourth-order valence-corrected chi connectivity index (χ4v) is 1.15. The molecule has 1 heterocycles. The zero-order valence-corrected chi connectivity index (χ0v) is 10.2. The molecule has 0 saturated carbocycles. The van der Waals surface area contributed by atoms with E-state index in [9.17, 15) is 18.0 Å². The second-order valence-electron chi connectivity index (χ2n) is 3.25. The van der Waals surface area contributed by atoms with Gasteiger partial charge in [0.2, 0.25) is 5.88 Å². The van der Waals surface area contributed by atoms with E-state index < -0.39 is 17.7 Å². The molecule has 0 radical (unpaired) electrons. The fourth-order valence-electron chi connectivity index (χ4n) is 1.15. The molecule has 0 aromatic carbocycles. The highest BCUT2D eigenvalue weighted by Gasteiger charge is 2.31. The second kappa shape index (κ2) is 6.09. The third kappa shape index (κ3) is 4.17. The molecule has 7 heteroatoms. The van der Waals surface area contributed by atoms with Crippen molar-refractivity contribution in [3.8, 4) is 17.7 Å². The Morgan fingerprint density at radius 3 is 2.68 bits per heavy atom. The Morgan fingerprint density at radius 1 is 1.47 bits per heavy atom. The second-order valence-corrected chi connectivity index (χ2v) is 3.25. The van der Waals surface area contributed by atoms with Gasteiger partial charge in [-0.05, 0) is 18.9 Å². The molecule has 0 N–H and O–H groups in total. The van der Waals surface area contributed by atoms with E-state index in [0.29, 0.717) is 6.20 Å². The molecule has 102 valence electrons. The number of methoxy groups -OCH3 is 1. The number of hydrogen-bond donors (Lipinski definition) is 0. The Morgan fingerprint density at radius 2 is 2.16 bits per heavy atom. The SMILES string of the molecule is CCOC(=O)C#Cc1cc(C(F)(F)F)cnc1OC. The van der Waals surface area contributed by atoms with Crippen LogP contribution in [0.25, 0.3) is 0 Å². The summed E-state index contributed by atoms with van der Waals surface area (Å²) in [6.45, 7) is 1.72. The molecular formula is C12H10F3NO3. The number of pyridine rings is 1. The molecule has 0 aliphatic carbocycles. The molecule has 1 aromatic rings. The number of carbonyl (C=O) groups excluding carboxylic acids is 1. The van der Waals surface area contributed by atoms with Gasteiger partial charge in [0.1, 0.15) is 0 Å². The van der Waals surface area contributed by atoms with Crippen LogP contribution in [0.1, 0.15) is 18.1 Å². The van der Waals surface area contributed by atoms with Crippen LogP contribution in [0.5, 0.6) is 5.88 Å². The van der Waals surface area contributed by atoms with E-state index in [0.717, 1.165) is 6.07 Å². The summed E-state index contributed by atoms with van der Waals surface area (Å²) in [5.41, 5.74) is -1.10. The van der Waals surface area contributed by atoms with Gasteiger partial charge in [0, 0.05) is 12.1 Å². The molecule has 0 bridgehead atoms. The van der Waals surface area contributed by atoms with E-state index in [1.54, 1.807) is 6.92 Å². The molecule has 0 aliphatic rings. The van der Waals surface area contributed by atoms with Crippen molar-refractivity contribution in [2.45, 2.75) is 13.1 Å². The van der Waals surface area contributed by atoms with Gasteiger partial charge in [0.25, 0.3) is 0 Å². The lowest BCUT2D eigenvalue weighted by Crippen LogP contribution is -2.07. The number of nitrogens with zero attached hydrogens (tertiary/aromatic N) is 1. The van der Waals surface area contributed by atoms with Crippen molar-refractivity contribution < 1.29 is 27.4 Å². The largest absolute Gasteiger partial charge is 0.480 e. The zero-order valence-electron chi connectivity index (χ0n) is 10.2. The number of aromatic nitrogens is 1. The van der Waals surface area contributed by atoms with Crippen molar-refractivity contribution in [1.29, 1.82) is 0 Å². The fraction of sp³-hybridized carbons (Fsp3) is 0.333. The summed E-state index contributed by atoms with van der Waals surface area (Å²) < 4.78 is 46.8. The third-order valence-electron chi connectivity index (χ3n) is 1.95. The van der Waals surface area contributed by atoms with Crippen molar-refractivity contribution in [1.82, 2.24) is 4.98 Å². The quantitative estimate of drug-likeness (QED) is 0.611. The maximum Gasteiger partial charge on any atom is 0.417 e. The molecule has 0 atom stereocenters. The predicted octanol–water partition coefficient (Wildman–Crippen LogP) is 2.02. The van der Waals surface area contributed by atoms with Crippen LogP contribution in [0.4, 0.5) is 13.2 Å². The van der Waals surface area contributed by atoms with Gasteiger partial charge in [0.15, 0.2) is 0 Å². The maximum atomic E-state index is 12.5. The molecule has 0 saturated heterocycles. The van der Waals surface area contributed by atoms with Gasteiger partial charge in [0.05, 0.1) is 24.8 Å². The summed E-state index contributed by atoms with van der Waals surface area (Å²) in [4.78, 5) is 14.5. The number of rotatable bonds is 2. The topological polar surface area (TPSA) is 48.4 Å². The van der Waals surface area contributed by atoms with Gasteiger partial charge in [-0.15, -0.1) is 0 Å². The first kappa shape index (κ1) is 14.8. The summed E-state index contributed by atoms with van der Waals surface area (Å²) >= 11 is 0. The Hall–Kier alpha value is -2.23. The first-order valence-corrected chi connectivity index (χ1v) is 5.18. The number of hydrogen-bond acceptors (Lipinski definition) is 4. The van der Waals surface area contributed by atoms with Crippen LogP contribution in [0, 0.1) is 11.8 Å². The molecule has 19 heavy (non-hydrogen) atoms.